The minimum Gasteiger partial charge on any atom is -0.486 e. The van der Waals surface area contributed by atoms with E-state index >= 15 is 0 Å². The number of ether oxygens (including phenoxy) is 1. The number of rotatable bonds is 3. The fraction of sp³-hybridized carbons (Fsp3) is 0.400. The highest BCUT2D eigenvalue weighted by Crippen LogP contribution is 2.38. The van der Waals surface area contributed by atoms with Crippen LogP contribution in [-0.2, 0) is 0 Å². The zero-order chi connectivity index (χ0) is 15.0. The van der Waals surface area contributed by atoms with Crippen molar-refractivity contribution in [3.05, 3.63) is 41.2 Å². The third-order valence-electron chi connectivity index (χ3n) is 3.52. The predicted molar refractivity (Wildman–Crippen MR) is 86.1 cm³/mol. The zero-order valence-corrected chi connectivity index (χ0v) is 13.6. The van der Waals surface area contributed by atoms with Crippen LogP contribution in [0.2, 0.25) is 5.02 Å². The van der Waals surface area contributed by atoms with Crippen molar-refractivity contribution in [1.82, 2.24) is 9.78 Å². The van der Waals surface area contributed by atoms with E-state index in [1.807, 2.05) is 22.9 Å². The van der Waals surface area contributed by atoms with Gasteiger partial charge in [-0.05, 0) is 26.0 Å². The summed E-state index contributed by atoms with van der Waals surface area (Å²) in [6, 6.07) is 7.93. The van der Waals surface area contributed by atoms with Gasteiger partial charge in [0.2, 0.25) is 0 Å². The molecular weight excluding hydrogens is 306 g/mol. The third kappa shape index (κ3) is 2.78. The molecule has 1 aromatic carbocycles. The van der Waals surface area contributed by atoms with Crippen molar-refractivity contribution < 1.29 is 4.74 Å². The Morgan fingerprint density at radius 1 is 1.43 bits per heavy atom. The normalized spacial score (nSPS) is 19.2. The summed E-state index contributed by atoms with van der Waals surface area (Å²) in [6.45, 7) is 4.12. The molecule has 0 saturated heterocycles. The number of para-hydroxylation sites is 1. The van der Waals surface area contributed by atoms with Crippen molar-refractivity contribution in [2.75, 3.05) is 5.75 Å². The maximum atomic E-state index is 6.43. The number of hydrogen-bond donors (Lipinski definition) is 1. The Kier molecular flexibility index (Phi) is 4.15. The smallest absolute Gasteiger partial charge is 0.133 e. The van der Waals surface area contributed by atoms with Crippen molar-refractivity contribution in [2.45, 2.75) is 36.9 Å². The van der Waals surface area contributed by atoms with E-state index in [-0.39, 0.29) is 18.2 Å². The first-order chi connectivity index (χ1) is 10.1. The Bertz CT molecular complexity index is 644. The molecule has 0 fully saturated rings. The molecule has 2 atom stereocenters. The number of benzene rings is 1. The Morgan fingerprint density at radius 2 is 2.19 bits per heavy atom. The van der Waals surface area contributed by atoms with E-state index in [9.17, 15) is 0 Å². The molecule has 6 heteroatoms. The number of thioether (sulfide) groups is 1. The van der Waals surface area contributed by atoms with Gasteiger partial charge in [0.05, 0.1) is 23.0 Å². The van der Waals surface area contributed by atoms with Crippen LogP contribution in [0.15, 0.2) is 35.4 Å². The number of nitrogens with zero attached hydrogens (tertiary/aromatic N) is 2. The highest BCUT2D eigenvalue weighted by molar-refractivity contribution is 7.99. The van der Waals surface area contributed by atoms with Gasteiger partial charge in [0.1, 0.15) is 11.9 Å². The van der Waals surface area contributed by atoms with Crippen LogP contribution in [0.1, 0.15) is 31.6 Å². The van der Waals surface area contributed by atoms with Gasteiger partial charge in [-0.1, -0.05) is 23.7 Å². The molecular formula is C15H18ClN3OS. The van der Waals surface area contributed by atoms with E-state index in [0.29, 0.717) is 5.02 Å². The minimum absolute atomic E-state index is 0.114. The summed E-state index contributed by atoms with van der Waals surface area (Å²) in [7, 11) is 0. The summed E-state index contributed by atoms with van der Waals surface area (Å²) < 4.78 is 7.94. The average Bonchev–Trinajstić information content (AvgIpc) is 2.88. The molecule has 0 radical (unpaired) electrons. The summed E-state index contributed by atoms with van der Waals surface area (Å²) in [6.07, 6.45) is 1.54. The molecule has 0 bridgehead atoms. The molecule has 2 aromatic rings. The Morgan fingerprint density at radius 3 is 2.95 bits per heavy atom. The van der Waals surface area contributed by atoms with E-state index in [1.54, 1.807) is 18.0 Å². The monoisotopic (exact) mass is 323 g/mol. The topological polar surface area (TPSA) is 53.1 Å². The molecule has 0 amide bonds. The molecule has 0 aliphatic carbocycles. The maximum Gasteiger partial charge on any atom is 0.133 e. The molecule has 0 spiro atoms. The van der Waals surface area contributed by atoms with Crippen molar-refractivity contribution >= 4 is 23.4 Å². The predicted octanol–water partition coefficient (Wildman–Crippen LogP) is 3.67. The van der Waals surface area contributed by atoms with Crippen LogP contribution in [0, 0.1) is 0 Å². The van der Waals surface area contributed by atoms with E-state index in [4.69, 9.17) is 22.1 Å². The second kappa shape index (κ2) is 5.91. The van der Waals surface area contributed by atoms with Crippen LogP contribution < -0.4 is 10.5 Å². The lowest BCUT2D eigenvalue weighted by molar-refractivity contribution is 0.180. The van der Waals surface area contributed by atoms with Gasteiger partial charge in [0, 0.05) is 16.7 Å². The molecule has 0 saturated carbocycles. The lowest BCUT2D eigenvalue weighted by atomic mass is 10.1. The molecule has 1 aromatic heterocycles. The van der Waals surface area contributed by atoms with E-state index < -0.39 is 0 Å². The second-order valence-electron chi connectivity index (χ2n) is 5.36. The molecule has 2 N–H and O–H groups in total. The van der Waals surface area contributed by atoms with Gasteiger partial charge >= 0.3 is 0 Å². The van der Waals surface area contributed by atoms with Gasteiger partial charge in [0.25, 0.3) is 0 Å². The number of nitrogens with two attached hydrogens (primary N) is 1. The quantitative estimate of drug-likeness (QED) is 0.936. The highest BCUT2D eigenvalue weighted by Gasteiger charge is 2.31. The Labute approximate surface area is 133 Å². The van der Waals surface area contributed by atoms with Crippen LogP contribution in [0.4, 0.5) is 0 Å². The first-order valence-electron chi connectivity index (χ1n) is 6.95. The van der Waals surface area contributed by atoms with Crippen molar-refractivity contribution in [2.24, 2.45) is 5.73 Å². The SMILES string of the molecule is CC(C)n1ncc(Cl)c1C(N)C1CSc2ccccc2O1. The highest BCUT2D eigenvalue weighted by atomic mass is 35.5. The Balaban J connectivity index is 1.87. The lowest BCUT2D eigenvalue weighted by Gasteiger charge is -2.30. The van der Waals surface area contributed by atoms with Gasteiger partial charge in [0.15, 0.2) is 0 Å². The lowest BCUT2D eigenvalue weighted by Crippen LogP contribution is -2.37. The summed E-state index contributed by atoms with van der Waals surface area (Å²) >= 11 is 8.04. The van der Waals surface area contributed by atoms with Crippen LogP contribution in [-0.4, -0.2) is 21.6 Å². The van der Waals surface area contributed by atoms with E-state index in [1.165, 1.54) is 0 Å². The molecule has 112 valence electrons. The number of hydrogen-bond acceptors (Lipinski definition) is 4. The van der Waals surface area contributed by atoms with Gasteiger partial charge < -0.3 is 10.5 Å². The molecule has 21 heavy (non-hydrogen) atoms. The van der Waals surface area contributed by atoms with Crippen LogP contribution in [0.5, 0.6) is 5.75 Å². The van der Waals surface area contributed by atoms with Crippen molar-refractivity contribution in [1.29, 1.82) is 0 Å². The van der Waals surface area contributed by atoms with E-state index in [2.05, 4.69) is 25.0 Å². The zero-order valence-electron chi connectivity index (χ0n) is 12.0. The summed E-state index contributed by atoms with van der Waals surface area (Å²) in [4.78, 5) is 1.16. The van der Waals surface area contributed by atoms with E-state index in [0.717, 1.165) is 22.1 Å². The largest absolute Gasteiger partial charge is 0.486 e. The first-order valence-corrected chi connectivity index (χ1v) is 8.31. The second-order valence-corrected chi connectivity index (χ2v) is 6.82. The molecule has 1 aliphatic heterocycles. The Hall–Kier alpha value is -1.17. The number of aromatic nitrogens is 2. The fourth-order valence-electron chi connectivity index (χ4n) is 2.46. The molecule has 1 aliphatic rings. The molecule has 2 unspecified atom stereocenters. The summed E-state index contributed by atoms with van der Waals surface area (Å²) in [5, 5.41) is 4.92. The average molecular weight is 324 g/mol. The maximum absolute atomic E-state index is 6.43. The van der Waals surface area contributed by atoms with Crippen LogP contribution in [0.25, 0.3) is 0 Å². The van der Waals surface area contributed by atoms with Gasteiger partial charge in [-0.25, -0.2) is 0 Å². The third-order valence-corrected chi connectivity index (χ3v) is 4.96. The fourth-order valence-corrected chi connectivity index (χ4v) is 3.77. The van der Waals surface area contributed by atoms with Gasteiger partial charge in [-0.3, -0.25) is 4.68 Å². The van der Waals surface area contributed by atoms with Crippen molar-refractivity contribution in [3.63, 3.8) is 0 Å². The van der Waals surface area contributed by atoms with Crippen LogP contribution >= 0.6 is 23.4 Å². The molecule has 3 rings (SSSR count). The molecule has 2 heterocycles. The molecule has 4 nitrogen and oxygen atoms in total. The number of fused-ring (bicyclic) bond motifs is 1. The first kappa shape index (κ1) is 14.8. The number of halogens is 1. The van der Waals surface area contributed by atoms with Crippen molar-refractivity contribution in [3.8, 4) is 5.75 Å². The van der Waals surface area contributed by atoms with Crippen LogP contribution in [0.3, 0.4) is 0 Å². The standard InChI is InChI=1S/C15H18ClN3OS/c1-9(2)19-15(10(16)7-18-19)14(17)12-8-21-13-6-4-3-5-11(13)20-12/h3-7,9,12,14H,8,17H2,1-2H3. The summed E-state index contributed by atoms with van der Waals surface area (Å²) in [5.41, 5.74) is 7.27. The van der Waals surface area contributed by atoms with Gasteiger partial charge in [-0.2, -0.15) is 5.10 Å². The minimum atomic E-state index is -0.303. The van der Waals surface area contributed by atoms with Gasteiger partial charge in [-0.15, -0.1) is 11.8 Å². The summed E-state index contributed by atoms with van der Waals surface area (Å²) in [5.74, 6) is 1.69.